The van der Waals surface area contributed by atoms with Gasteiger partial charge in [0.05, 0.1) is 25.2 Å². The maximum absolute atomic E-state index is 13.7. The molecule has 6 heteroatoms. The van der Waals surface area contributed by atoms with Crippen molar-refractivity contribution in [3.05, 3.63) is 27.7 Å². The largest absolute Gasteiger partial charge is 0.294 e. The first kappa shape index (κ1) is 17.3. The fraction of sp³-hybridized carbons (Fsp3) is 0.650. The summed E-state index contributed by atoms with van der Waals surface area (Å²) in [6.45, 7) is 5.82. The molecule has 3 heterocycles. The third-order valence-electron chi connectivity index (χ3n) is 6.23. The molecule has 1 aliphatic heterocycles. The summed E-state index contributed by atoms with van der Waals surface area (Å²) in [7, 11) is 0. The minimum Gasteiger partial charge on any atom is -0.294 e. The fourth-order valence-corrected chi connectivity index (χ4v) is 4.88. The van der Waals surface area contributed by atoms with E-state index >= 15 is 0 Å². The third-order valence-corrected chi connectivity index (χ3v) is 6.23. The van der Waals surface area contributed by atoms with Gasteiger partial charge in [-0.3, -0.25) is 14.7 Å². The van der Waals surface area contributed by atoms with Crippen molar-refractivity contribution >= 4 is 11.0 Å². The van der Waals surface area contributed by atoms with Gasteiger partial charge in [-0.05, 0) is 56.6 Å². The summed E-state index contributed by atoms with van der Waals surface area (Å²) in [6, 6.07) is 2.21. The number of nitrogens with one attached hydrogen (secondary N) is 1. The van der Waals surface area contributed by atoms with E-state index in [0.717, 1.165) is 61.7 Å². The lowest BCUT2D eigenvalue weighted by atomic mass is 9.88. The normalized spacial score (nSPS) is 22.7. The smallest absolute Gasteiger partial charge is 0.257 e. The van der Waals surface area contributed by atoms with E-state index in [2.05, 4.69) is 30.3 Å². The van der Waals surface area contributed by atoms with Gasteiger partial charge in [0.2, 0.25) is 0 Å². The average Bonchev–Trinajstić information content (AvgIpc) is 3.29. The second-order valence-electron chi connectivity index (χ2n) is 7.93. The van der Waals surface area contributed by atoms with Gasteiger partial charge >= 0.3 is 0 Å². The lowest BCUT2D eigenvalue weighted by molar-refractivity contribution is 0.166. The van der Waals surface area contributed by atoms with Crippen LogP contribution in [0, 0.1) is 17.2 Å². The van der Waals surface area contributed by atoms with Crippen molar-refractivity contribution in [2.24, 2.45) is 5.92 Å². The summed E-state index contributed by atoms with van der Waals surface area (Å²) < 4.78 is 3.88. The van der Waals surface area contributed by atoms with Crippen LogP contribution in [0.2, 0.25) is 0 Å². The highest BCUT2D eigenvalue weighted by molar-refractivity contribution is 5.81. The molecule has 2 aliphatic rings. The summed E-state index contributed by atoms with van der Waals surface area (Å²) in [5, 5.41) is 18.4. The van der Waals surface area contributed by atoms with Crippen LogP contribution in [0.4, 0.5) is 0 Å². The first-order chi connectivity index (χ1) is 12.6. The van der Waals surface area contributed by atoms with Crippen molar-refractivity contribution in [3.8, 4) is 6.07 Å². The molecule has 0 saturated carbocycles. The van der Waals surface area contributed by atoms with Crippen molar-refractivity contribution < 1.29 is 0 Å². The van der Waals surface area contributed by atoms with Crippen molar-refractivity contribution in [1.82, 2.24) is 19.7 Å². The predicted molar refractivity (Wildman–Crippen MR) is 101 cm³/mol. The zero-order valence-electron chi connectivity index (χ0n) is 15.7. The van der Waals surface area contributed by atoms with E-state index < -0.39 is 0 Å². The van der Waals surface area contributed by atoms with Crippen LogP contribution in [0.1, 0.15) is 57.1 Å². The molecule has 0 amide bonds. The SMILES string of the molecule is CC(C)[C@]1(n2c(=O)c3c(c4cnn(CCC#N)c42)CCCC3)CCCN1. The zero-order valence-corrected chi connectivity index (χ0v) is 15.7. The van der Waals surface area contributed by atoms with E-state index in [1.807, 2.05) is 15.4 Å². The molecule has 0 aromatic carbocycles. The van der Waals surface area contributed by atoms with Crippen molar-refractivity contribution in [1.29, 1.82) is 5.26 Å². The molecule has 2 aromatic heterocycles. The maximum atomic E-state index is 13.7. The molecule has 0 unspecified atom stereocenters. The Bertz CT molecular complexity index is 924. The molecule has 2 aromatic rings. The van der Waals surface area contributed by atoms with Crippen LogP contribution in [0.25, 0.3) is 11.0 Å². The van der Waals surface area contributed by atoms with Gasteiger partial charge in [0.1, 0.15) is 11.3 Å². The predicted octanol–water partition coefficient (Wildman–Crippen LogP) is 2.68. The van der Waals surface area contributed by atoms with E-state index in [1.165, 1.54) is 5.56 Å². The lowest BCUT2D eigenvalue weighted by Gasteiger charge is -2.38. The Morgan fingerprint density at radius 3 is 2.73 bits per heavy atom. The monoisotopic (exact) mass is 353 g/mol. The second kappa shape index (κ2) is 6.55. The number of aryl methyl sites for hydroxylation is 2. The molecule has 1 saturated heterocycles. The number of rotatable bonds is 4. The van der Waals surface area contributed by atoms with Crippen molar-refractivity contribution in [3.63, 3.8) is 0 Å². The lowest BCUT2D eigenvalue weighted by Crippen LogP contribution is -2.53. The second-order valence-corrected chi connectivity index (χ2v) is 7.93. The number of hydrogen-bond donors (Lipinski definition) is 1. The third kappa shape index (κ3) is 2.41. The van der Waals surface area contributed by atoms with Crippen LogP contribution in [-0.2, 0) is 25.0 Å². The zero-order chi connectivity index (χ0) is 18.3. The van der Waals surface area contributed by atoms with E-state index in [9.17, 15) is 4.79 Å². The highest BCUT2D eigenvalue weighted by atomic mass is 16.1. The molecule has 1 N–H and O–H groups in total. The van der Waals surface area contributed by atoms with Crippen LogP contribution < -0.4 is 10.9 Å². The molecule has 6 nitrogen and oxygen atoms in total. The quantitative estimate of drug-likeness (QED) is 0.917. The molecule has 4 rings (SSSR count). The summed E-state index contributed by atoms with van der Waals surface area (Å²) >= 11 is 0. The van der Waals surface area contributed by atoms with E-state index in [4.69, 9.17) is 5.26 Å². The Balaban J connectivity index is 2.07. The Kier molecular flexibility index (Phi) is 4.36. The van der Waals surface area contributed by atoms with Gasteiger partial charge in [0.15, 0.2) is 0 Å². The Labute approximate surface area is 153 Å². The number of aromatic nitrogens is 3. The summed E-state index contributed by atoms with van der Waals surface area (Å²) in [6.07, 6.45) is 8.34. The topological polar surface area (TPSA) is 75.6 Å². The van der Waals surface area contributed by atoms with Gasteiger partial charge in [-0.2, -0.15) is 10.4 Å². The van der Waals surface area contributed by atoms with Gasteiger partial charge in [-0.15, -0.1) is 0 Å². The molecule has 0 radical (unpaired) electrons. The van der Waals surface area contributed by atoms with Gasteiger partial charge < -0.3 is 0 Å². The van der Waals surface area contributed by atoms with Gasteiger partial charge in [0, 0.05) is 10.9 Å². The van der Waals surface area contributed by atoms with E-state index in [1.54, 1.807) is 0 Å². The summed E-state index contributed by atoms with van der Waals surface area (Å²) in [4.78, 5) is 13.7. The minimum absolute atomic E-state index is 0.147. The number of hydrogen-bond acceptors (Lipinski definition) is 4. The van der Waals surface area contributed by atoms with E-state index in [0.29, 0.717) is 13.0 Å². The van der Waals surface area contributed by atoms with Crippen molar-refractivity contribution in [2.45, 2.75) is 71.0 Å². The Morgan fingerprint density at radius 1 is 1.31 bits per heavy atom. The van der Waals surface area contributed by atoms with E-state index in [-0.39, 0.29) is 17.1 Å². The minimum atomic E-state index is -0.369. The van der Waals surface area contributed by atoms with Gasteiger partial charge in [-0.25, -0.2) is 4.68 Å². The summed E-state index contributed by atoms with van der Waals surface area (Å²) in [5.41, 5.74) is 2.85. The van der Waals surface area contributed by atoms with Crippen LogP contribution in [0.3, 0.4) is 0 Å². The molecular formula is C20H27N5O. The Hall–Kier alpha value is -2.13. The fourth-order valence-electron chi connectivity index (χ4n) is 4.88. The van der Waals surface area contributed by atoms with Crippen LogP contribution >= 0.6 is 0 Å². The molecular weight excluding hydrogens is 326 g/mol. The highest BCUT2D eigenvalue weighted by Crippen LogP contribution is 2.36. The first-order valence-electron chi connectivity index (χ1n) is 9.85. The molecule has 0 spiro atoms. The van der Waals surface area contributed by atoms with Gasteiger partial charge in [-0.1, -0.05) is 13.8 Å². The average molecular weight is 353 g/mol. The number of nitriles is 1. The van der Waals surface area contributed by atoms with Gasteiger partial charge in [0.25, 0.3) is 5.56 Å². The van der Waals surface area contributed by atoms with Crippen LogP contribution in [-0.4, -0.2) is 20.9 Å². The molecule has 0 bridgehead atoms. The maximum Gasteiger partial charge on any atom is 0.257 e. The molecule has 138 valence electrons. The Morgan fingerprint density at radius 2 is 2.08 bits per heavy atom. The van der Waals surface area contributed by atoms with Crippen LogP contribution in [0.15, 0.2) is 11.0 Å². The number of pyridine rings is 1. The van der Waals surface area contributed by atoms with Crippen molar-refractivity contribution in [2.75, 3.05) is 6.54 Å². The highest BCUT2D eigenvalue weighted by Gasteiger charge is 2.42. The standard InChI is InChI=1S/C20H27N5O/c1-14(2)20(9-5-11-22-20)25-18-17(13-23-24(18)12-6-10-21)15-7-3-4-8-16(15)19(25)26/h13-14,22H,3-9,11-12H2,1-2H3/t20-/m1/s1. The number of fused-ring (bicyclic) bond motifs is 3. The summed E-state index contributed by atoms with van der Waals surface area (Å²) in [5.74, 6) is 0.284. The molecule has 1 atom stereocenters. The molecule has 1 aliphatic carbocycles. The molecule has 1 fully saturated rings. The number of nitrogens with zero attached hydrogens (tertiary/aromatic N) is 4. The molecule has 26 heavy (non-hydrogen) atoms. The first-order valence-corrected chi connectivity index (χ1v) is 9.85. The van der Waals surface area contributed by atoms with Crippen LogP contribution in [0.5, 0.6) is 0 Å².